The van der Waals surface area contributed by atoms with Crippen molar-refractivity contribution in [3.05, 3.63) is 206 Å². The molecule has 9 aromatic carbocycles. The van der Waals surface area contributed by atoms with E-state index in [1.54, 1.807) is 0 Å². The van der Waals surface area contributed by atoms with Gasteiger partial charge in [-0.15, -0.1) is 0 Å². The molecule has 4 nitrogen and oxygen atoms in total. The van der Waals surface area contributed by atoms with Gasteiger partial charge in [-0.3, -0.25) is 0 Å². The minimum absolute atomic E-state index is 0.632. The fourth-order valence-corrected chi connectivity index (χ4v) is 8.07. The molecule has 2 heterocycles. The van der Waals surface area contributed by atoms with Crippen LogP contribution in [0.15, 0.2) is 206 Å². The highest BCUT2D eigenvalue weighted by atomic mass is 15.0. The topological polar surface area (TPSA) is 51.6 Å². The lowest BCUT2D eigenvalue weighted by atomic mass is 9.94. The van der Waals surface area contributed by atoms with E-state index in [4.69, 9.17) is 19.9 Å². The van der Waals surface area contributed by atoms with Gasteiger partial charge in [-0.25, -0.2) is 19.9 Å². The van der Waals surface area contributed by atoms with Gasteiger partial charge < -0.3 is 0 Å². The molecular formula is C54H34N4. The molecule has 0 atom stereocenters. The zero-order valence-corrected chi connectivity index (χ0v) is 31.4. The Morgan fingerprint density at radius 3 is 1.31 bits per heavy atom. The van der Waals surface area contributed by atoms with Crippen LogP contribution in [0.5, 0.6) is 0 Å². The molecule has 0 amide bonds. The van der Waals surface area contributed by atoms with Crippen LogP contribution in [-0.2, 0) is 0 Å². The highest BCUT2D eigenvalue weighted by Crippen LogP contribution is 2.37. The van der Waals surface area contributed by atoms with E-state index >= 15 is 0 Å². The third kappa shape index (κ3) is 6.14. The monoisotopic (exact) mass is 738 g/mol. The molecule has 0 N–H and O–H groups in total. The van der Waals surface area contributed by atoms with Crippen LogP contribution in [0, 0.1) is 0 Å². The molecule has 0 aliphatic rings. The molecule has 0 unspecified atom stereocenters. The van der Waals surface area contributed by atoms with E-state index in [-0.39, 0.29) is 0 Å². The summed E-state index contributed by atoms with van der Waals surface area (Å²) in [5, 5.41) is 8.25. The predicted molar refractivity (Wildman–Crippen MR) is 240 cm³/mol. The zero-order valence-electron chi connectivity index (χ0n) is 31.4. The van der Waals surface area contributed by atoms with Crippen molar-refractivity contribution in [3.8, 4) is 67.7 Å². The van der Waals surface area contributed by atoms with E-state index in [2.05, 4.69) is 206 Å². The summed E-state index contributed by atoms with van der Waals surface area (Å²) < 4.78 is 0. The second-order valence-corrected chi connectivity index (χ2v) is 14.7. The van der Waals surface area contributed by atoms with Crippen LogP contribution < -0.4 is 0 Å². The van der Waals surface area contributed by atoms with E-state index < -0.39 is 0 Å². The number of hydrogen-bond acceptors (Lipinski definition) is 4. The molecule has 4 heteroatoms. The molecule has 0 spiro atoms. The number of fused-ring (bicyclic) bond motifs is 5. The number of hydrogen-bond donors (Lipinski definition) is 0. The lowest BCUT2D eigenvalue weighted by Crippen LogP contribution is -2.00. The summed E-state index contributed by atoms with van der Waals surface area (Å²) in [4.78, 5) is 20.3. The molecule has 58 heavy (non-hydrogen) atoms. The maximum Gasteiger partial charge on any atom is 0.164 e. The number of benzene rings is 9. The van der Waals surface area contributed by atoms with Crippen molar-refractivity contribution in [3.63, 3.8) is 0 Å². The Balaban J connectivity index is 0.950. The third-order valence-corrected chi connectivity index (χ3v) is 11.1. The second-order valence-electron chi connectivity index (χ2n) is 14.7. The van der Waals surface area contributed by atoms with Crippen LogP contribution in [0.4, 0.5) is 0 Å². The highest BCUT2D eigenvalue weighted by molar-refractivity contribution is 6.13. The predicted octanol–water partition coefficient (Wildman–Crippen LogP) is 13.9. The van der Waals surface area contributed by atoms with Gasteiger partial charge in [-0.05, 0) is 78.8 Å². The molecule has 0 bridgehead atoms. The van der Waals surface area contributed by atoms with Crippen LogP contribution >= 0.6 is 0 Å². The molecule has 11 aromatic rings. The summed E-state index contributed by atoms with van der Waals surface area (Å²) in [6, 6.07) is 72.4. The second kappa shape index (κ2) is 14.0. The van der Waals surface area contributed by atoms with Crippen LogP contribution in [0.2, 0.25) is 0 Å². The summed E-state index contributed by atoms with van der Waals surface area (Å²) in [7, 11) is 0. The molecule has 270 valence electrons. The molecule has 2 aromatic heterocycles. The van der Waals surface area contributed by atoms with E-state index in [1.165, 1.54) is 38.1 Å². The van der Waals surface area contributed by atoms with E-state index in [0.717, 1.165) is 55.4 Å². The lowest BCUT2D eigenvalue weighted by molar-refractivity contribution is 1.08. The van der Waals surface area contributed by atoms with Gasteiger partial charge in [0.1, 0.15) is 0 Å². The fraction of sp³-hybridized carbons (Fsp3) is 0. The van der Waals surface area contributed by atoms with Crippen LogP contribution in [0.1, 0.15) is 0 Å². The zero-order chi connectivity index (χ0) is 38.4. The molecule has 11 rings (SSSR count). The van der Waals surface area contributed by atoms with Gasteiger partial charge in [0, 0.05) is 27.6 Å². The first kappa shape index (κ1) is 33.5. The Labute approximate surface area is 335 Å². The van der Waals surface area contributed by atoms with Crippen LogP contribution in [-0.4, -0.2) is 19.9 Å². The average molecular weight is 739 g/mol. The molecule has 0 radical (unpaired) electrons. The summed E-state index contributed by atoms with van der Waals surface area (Å²) in [5.41, 5.74) is 10.4. The number of nitrogens with zero attached hydrogens (tertiary/aromatic N) is 4. The maximum absolute atomic E-state index is 5.20. The SMILES string of the molecule is c1ccc(-c2cc(-c3ccc(-c4ccc(-c5nc(-c6ccc7ccccc7c6)nc(-c6ccc7ccccc7c6)n5)cc4)cc3)nc3ccc4ccccc4c23)cc1. The van der Waals surface area contributed by atoms with Crippen molar-refractivity contribution in [2.45, 2.75) is 0 Å². The van der Waals surface area contributed by atoms with Gasteiger partial charge in [0.15, 0.2) is 17.5 Å². The highest BCUT2D eigenvalue weighted by Gasteiger charge is 2.15. The Morgan fingerprint density at radius 1 is 0.259 bits per heavy atom. The van der Waals surface area contributed by atoms with Crippen molar-refractivity contribution in [1.29, 1.82) is 0 Å². The van der Waals surface area contributed by atoms with Crippen molar-refractivity contribution in [2.24, 2.45) is 0 Å². The normalized spacial score (nSPS) is 11.4. The number of pyridine rings is 1. The quantitative estimate of drug-likeness (QED) is 0.159. The van der Waals surface area contributed by atoms with Crippen molar-refractivity contribution in [1.82, 2.24) is 19.9 Å². The van der Waals surface area contributed by atoms with Crippen LogP contribution in [0.25, 0.3) is 111 Å². The largest absolute Gasteiger partial charge is 0.248 e. The molecule has 0 aliphatic carbocycles. The minimum Gasteiger partial charge on any atom is -0.248 e. The van der Waals surface area contributed by atoms with Crippen molar-refractivity contribution in [2.75, 3.05) is 0 Å². The van der Waals surface area contributed by atoms with Crippen molar-refractivity contribution >= 4 is 43.2 Å². The smallest absolute Gasteiger partial charge is 0.164 e. The Kier molecular flexibility index (Phi) is 8.11. The summed E-state index contributed by atoms with van der Waals surface area (Å²) >= 11 is 0. The van der Waals surface area contributed by atoms with Gasteiger partial charge in [-0.2, -0.15) is 0 Å². The van der Waals surface area contributed by atoms with Gasteiger partial charge in [0.2, 0.25) is 0 Å². The van der Waals surface area contributed by atoms with Gasteiger partial charge in [-0.1, -0.05) is 182 Å². The van der Waals surface area contributed by atoms with E-state index in [9.17, 15) is 0 Å². The first-order chi connectivity index (χ1) is 28.7. The van der Waals surface area contributed by atoms with E-state index in [1.807, 2.05) is 0 Å². The van der Waals surface area contributed by atoms with E-state index in [0.29, 0.717) is 17.5 Å². The lowest BCUT2D eigenvalue weighted by Gasteiger charge is -2.13. The third-order valence-electron chi connectivity index (χ3n) is 11.1. The molecule has 0 aliphatic heterocycles. The maximum atomic E-state index is 5.20. The molecule has 0 saturated heterocycles. The Hall–Kier alpha value is -7.82. The summed E-state index contributed by atoms with van der Waals surface area (Å²) in [5.74, 6) is 1.92. The average Bonchev–Trinajstić information content (AvgIpc) is 3.31. The minimum atomic E-state index is 0.632. The molecular weight excluding hydrogens is 705 g/mol. The van der Waals surface area contributed by atoms with Gasteiger partial charge in [0.05, 0.1) is 11.2 Å². The number of rotatable bonds is 6. The first-order valence-electron chi connectivity index (χ1n) is 19.5. The fourth-order valence-electron chi connectivity index (χ4n) is 8.07. The Morgan fingerprint density at radius 2 is 0.707 bits per heavy atom. The molecule has 0 fully saturated rings. The van der Waals surface area contributed by atoms with Crippen molar-refractivity contribution < 1.29 is 0 Å². The van der Waals surface area contributed by atoms with Gasteiger partial charge in [0.25, 0.3) is 0 Å². The van der Waals surface area contributed by atoms with Crippen LogP contribution in [0.3, 0.4) is 0 Å². The first-order valence-corrected chi connectivity index (χ1v) is 19.5. The Bertz CT molecular complexity index is 3220. The van der Waals surface area contributed by atoms with Gasteiger partial charge >= 0.3 is 0 Å². The summed E-state index contributed by atoms with van der Waals surface area (Å²) in [6.45, 7) is 0. The standard InChI is InChI=1S/C54H34N4/c1-2-12-39(13-3-1)48-34-50(55-49-31-30-40-14-8-9-17-47(40)51(48)49)41-24-18-37(19-25-41)38-20-26-42(27-21-38)52-56-53(45-28-22-35-10-4-6-15-43(35)32-45)58-54(57-52)46-29-23-36-11-5-7-16-44(36)33-46/h1-34H. The summed E-state index contributed by atoms with van der Waals surface area (Å²) in [6.07, 6.45) is 0. The number of aromatic nitrogens is 4. The molecule has 0 saturated carbocycles.